The Kier molecular flexibility index (Phi) is 4.31. The molecule has 1 saturated heterocycles. The molecule has 2 fully saturated rings. The van der Waals surface area contributed by atoms with Gasteiger partial charge in [-0.3, -0.25) is 10.2 Å². The van der Waals surface area contributed by atoms with Crippen molar-refractivity contribution in [2.24, 2.45) is 11.7 Å². The van der Waals surface area contributed by atoms with Crippen LogP contribution in [0.15, 0.2) is 30.3 Å². The third kappa shape index (κ3) is 2.81. The van der Waals surface area contributed by atoms with E-state index in [0.29, 0.717) is 28.8 Å². The van der Waals surface area contributed by atoms with Crippen molar-refractivity contribution in [2.45, 2.75) is 44.6 Å². The number of rotatable bonds is 2. The van der Waals surface area contributed by atoms with Crippen LogP contribution in [-0.2, 0) is 0 Å². The number of nitrogens with zero attached hydrogens (tertiary/aromatic N) is 1. The van der Waals surface area contributed by atoms with E-state index in [4.69, 9.17) is 16.9 Å². The maximum absolute atomic E-state index is 13.3. The van der Waals surface area contributed by atoms with Crippen LogP contribution in [0, 0.1) is 11.3 Å². The second-order valence-electron chi connectivity index (χ2n) is 7.63. The van der Waals surface area contributed by atoms with E-state index in [2.05, 4.69) is 4.90 Å². The van der Waals surface area contributed by atoms with Crippen LogP contribution in [0.4, 0.5) is 5.69 Å². The Balaban J connectivity index is 1.69. The number of carbonyl (C=O) groups excluding carboxylic acids is 1. The summed E-state index contributed by atoms with van der Waals surface area (Å²) in [5.74, 6) is 0.750. The second-order valence-corrected chi connectivity index (χ2v) is 7.63. The number of carbonyl (C=O) groups is 1. The van der Waals surface area contributed by atoms with Crippen LogP contribution < -0.4 is 11.5 Å². The van der Waals surface area contributed by atoms with Crippen molar-refractivity contribution < 1.29 is 4.79 Å². The van der Waals surface area contributed by atoms with Gasteiger partial charge in [0.1, 0.15) is 5.84 Å². The fourth-order valence-electron chi connectivity index (χ4n) is 4.74. The summed E-state index contributed by atoms with van der Waals surface area (Å²) < 4.78 is 0. The number of piperidine rings is 1. The number of amides is 1. The highest BCUT2D eigenvalue weighted by Crippen LogP contribution is 2.37. The molecular formula is C21H26N4O. The molecule has 2 aliphatic rings. The summed E-state index contributed by atoms with van der Waals surface area (Å²) in [4.78, 5) is 15.4. The Morgan fingerprint density at radius 2 is 1.85 bits per heavy atom. The van der Waals surface area contributed by atoms with Crippen LogP contribution in [0.1, 0.15) is 54.4 Å². The summed E-state index contributed by atoms with van der Waals surface area (Å²) in [6.45, 7) is 0.834. The van der Waals surface area contributed by atoms with Crippen molar-refractivity contribution >= 4 is 28.2 Å². The molecule has 5 nitrogen and oxygen atoms in total. The lowest BCUT2D eigenvalue weighted by Crippen LogP contribution is -2.49. The summed E-state index contributed by atoms with van der Waals surface area (Å²) >= 11 is 0. The Morgan fingerprint density at radius 1 is 1.08 bits per heavy atom. The van der Waals surface area contributed by atoms with Gasteiger partial charge in [-0.1, -0.05) is 31.0 Å². The molecule has 1 aliphatic heterocycles. The molecule has 26 heavy (non-hydrogen) atoms. The highest BCUT2D eigenvalue weighted by atomic mass is 16.2. The lowest BCUT2D eigenvalue weighted by molar-refractivity contribution is 0.0392. The van der Waals surface area contributed by atoms with Crippen LogP contribution in [0.2, 0.25) is 0 Å². The summed E-state index contributed by atoms with van der Waals surface area (Å²) in [6, 6.07) is 9.61. The number of hydrogen-bond donors (Lipinski definition) is 3. The Hall–Kier alpha value is -2.56. The Labute approximate surface area is 153 Å². The van der Waals surface area contributed by atoms with Gasteiger partial charge in [-0.25, -0.2) is 0 Å². The van der Waals surface area contributed by atoms with Crippen molar-refractivity contribution in [3.8, 4) is 0 Å². The zero-order valence-corrected chi connectivity index (χ0v) is 15.0. The molecule has 5 heteroatoms. The largest absolute Gasteiger partial charge is 0.398 e. The molecule has 5 N–H and O–H groups in total. The van der Waals surface area contributed by atoms with Gasteiger partial charge < -0.3 is 16.4 Å². The molecular weight excluding hydrogens is 324 g/mol. The maximum Gasteiger partial charge on any atom is 0.256 e. The minimum Gasteiger partial charge on any atom is -0.398 e. The van der Waals surface area contributed by atoms with E-state index in [-0.39, 0.29) is 11.7 Å². The molecule has 0 spiro atoms. The molecule has 1 amide bonds. The smallest absolute Gasteiger partial charge is 0.256 e. The number of likely N-dealkylation sites (tertiary alicyclic amines) is 1. The van der Waals surface area contributed by atoms with Gasteiger partial charge in [-0.05, 0) is 49.1 Å². The number of fused-ring (bicyclic) bond motifs is 2. The maximum atomic E-state index is 13.3. The molecule has 2 aromatic carbocycles. The SMILES string of the molecule is N=C(N)c1ccc2c(N)c(C(=O)N3CCCC4CCCCC43)ccc2c1. The van der Waals surface area contributed by atoms with Gasteiger partial charge >= 0.3 is 0 Å². The number of amidine groups is 1. The van der Waals surface area contributed by atoms with Crippen LogP contribution in [0.25, 0.3) is 10.8 Å². The number of nitrogen functional groups attached to an aromatic ring is 2. The van der Waals surface area contributed by atoms with Gasteiger partial charge in [-0.2, -0.15) is 0 Å². The standard InChI is InChI=1S/C21H26N4O/c22-19-16-9-8-15(20(23)24)12-14(16)7-10-17(19)21(26)25-11-3-5-13-4-1-2-6-18(13)25/h7-10,12-13,18H,1-6,11,22H2,(H3,23,24). The molecule has 1 aliphatic carbocycles. The van der Waals surface area contributed by atoms with E-state index in [1.807, 2.05) is 24.3 Å². The molecule has 136 valence electrons. The number of nitrogens with two attached hydrogens (primary N) is 2. The lowest BCUT2D eigenvalue weighted by Gasteiger charge is -2.44. The van der Waals surface area contributed by atoms with E-state index in [9.17, 15) is 4.79 Å². The summed E-state index contributed by atoms with van der Waals surface area (Å²) in [6.07, 6.45) is 7.20. The summed E-state index contributed by atoms with van der Waals surface area (Å²) in [5, 5.41) is 9.33. The number of hydrogen-bond acceptors (Lipinski definition) is 3. The van der Waals surface area contributed by atoms with Crippen molar-refractivity contribution in [1.29, 1.82) is 5.41 Å². The van der Waals surface area contributed by atoms with Crippen molar-refractivity contribution in [1.82, 2.24) is 4.90 Å². The van der Waals surface area contributed by atoms with E-state index < -0.39 is 0 Å². The minimum absolute atomic E-state index is 0.0299. The number of anilines is 1. The van der Waals surface area contributed by atoms with Gasteiger partial charge in [0.2, 0.25) is 0 Å². The van der Waals surface area contributed by atoms with Crippen molar-refractivity contribution in [2.75, 3.05) is 12.3 Å². The zero-order chi connectivity index (χ0) is 18.3. The van der Waals surface area contributed by atoms with E-state index in [1.54, 1.807) is 6.07 Å². The third-order valence-electron chi connectivity index (χ3n) is 6.11. The molecule has 0 radical (unpaired) electrons. The molecule has 0 aromatic heterocycles. The van der Waals surface area contributed by atoms with Crippen LogP contribution >= 0.6 is 0 Å². The molecule has 1 saturated carbocycles. The molecule has 2 aromatic rings. The van der Waals surface area contributed by atoms with Crippen LogP contribution in [0.3, 0.4) is 0 Å². The molecule has 2 atom stereocenters. The van der Waals surface area contributed by atoms with Crippen LogP contribution in [-0.4, -0.2) is 29.2 Å². The fraction of sp³-hybridized carbons (Fsp3) is 0.429. The average molecular weight is 350 g/mol. The fourth-order valence-corrected chi connectivity index (χ4v) is 4.74. The van der Waals surface area contributed by atoms with Crippen molar-refractivity contribution in [3.63, 3.8) is 0 Å². The molecule has 4 rings (SSSR count). The van der Waals surface area contributed by atoms with Gasteiger partial charge in [0.25, 0.3) is 5.91 Å². The predicted molar refractivity (Wildman–Crippen MR) is 105 cm³/mol. The summed E-state index contributed by atoms with van der Waals surface area (Å²) in [5.41, 5.74) is 13.7. The number of nitrogens with one attached hydrogen (secondary N) is 1. The molecule has 1 heterocycles. The highest BCUT2D eigenvalue weighted by Gasteiger charge is 2.36. The van der Waals surface area contributed by atoms with Gasteiger partial charge in [0.05, 0.1) is 11.3 Å². The lowest BCUT2D eigenvalue weighted by atomic mass is 9.78. The highest BCUT2D eigenvalue weighted by molar-refractivity contribution is 6.09. The predicted octanol–water partition coefficient (Wildman–Crippen LogP) is 3.50. The number of benzene rings is 2. The van der Waals surface area contributed by atoms with Gasteiger partial charge in [-0.15, -0.1) is 0 Å². The second kappa shape index (κ2) is 6.63. The topological polar surface area (TPSA) is 96.2 Å². The first-order valence-corrected chi connectivity index (χ1v) is 9.54. The van der Waals surface area contributed by atoms with Crippen LogP contribution in [0.5, 0.6) is 0 Å². The van der Waals surface area contributed by atoms with E-state index >= 15 is 0 Å². The monoisotopic (exact) mass is 350 g/mol. The first kappa shape index (κ1) is 16.9. The normalized spacial score (nSPS) is 22.8. The summed E-state index contributed by atoms with van der Waals surface area (Å²) in [7, 11) is 0. The minimum atomic E-state index is 0.0299. The Morgan fingerprint density at radius 3 is 2.65 bits per heavy atom. The van der Waals surface area contributed by atoms with E-state index in [0.717, 1.165) is 30.2 Å². The first-order valence-electron chi connectivity index (χ1n) is 9.54. The first-order chi connectivity index (χ1) is 12.6. The quantitative estimate of drug-likeness (QED) is 0.439. The van der Waals surface area contributed by atoms with Gasteiger partial charge in [0.15, 0.2) is 0 Å². The van der Waals surface area contributed by atoms with Gasteiger partial charge in [0, 0.05) is 23.5 Å². The third-order valence-corrected chi connectivity index (χ3v) is 6.11. The Bertz CT molecular complexity index is 874. The molecule has 0 bridgehead atoms. The van der Waals surface area contributed by atoms with E-state index in [1.165, 1.54) is 25.7 Å². The van der Waals surface area contributed by atoms with Crippen molar-refractivity contribution in [3.05, 3.63) is 41.5 Å². The average Bonchev–Trinajstić information content (AvgIpc) is 2.67. The zero-order valence-electron chi connectivity index (χ0n) is 15.0. The molecule has 2 unspecified atom stereocenters.